The quantitative estimate of drug-likeness (QED) is 0.903. The lowest BCUT2D eigenvalue weighted by molar-refractivity contribution is -0.0221. The highest BCUT2D eigenvalue weighted by Gasteiger charge is 2.44. The molecule has 1 unspecified atom stereocenters. The third-order valence-electron chi connectivity index (χ3n) is 4.82. The summed E-state index contributed by atoms with van der Waals surface area (Å²) < 4.78 is 5.46. The van der Waals surface area contributed by atoms with Crippen molar-refractivity contribution < 1.29 is 14.6 Å². The number of likely N-dealkylation sites (tertiary alicyclic amines) is 2. The molecule has 1 aromatic carbocycles. The molecule has 1 N–H and O–H groups in total. The van der Waals surface area contributed by atoms with Gasteiger partial charge in [0.25, 0.3) is 0 Å². The van der Waals surface area contributed by atoms with Crippen molar-refractivity contribution in [1.29, 1.82) is 0 Å². The van der Waals surface area contributed by atoms with Crippen LogP contribution in [0.25, 0.3) is 0 Å². The third-order valence-corrected chi connectivity index (χ3v) is 4.82. The number of hydrogen-bond donors (Lipinski definition) is 1. The van der Waals surface area contributed by atoms with E-state index in [9.17, 15) is 9.90 Å². The lowest BCUT2D eigenvalue weighted by Crippen LogP contribution is -2.52. The summed E-state index contributed by atoms with van der Waals surface area (Å²) in [5.41, 5.74) is 0.781. The predicted molar refractivity (Wildman–Crippen MR) is 92.5 cm³/mol. The first-order valence-electron chi connectivity index (χ1n) is 8.74. The normalized spacial score (nSPS) is 27.8. The summed E-state index contributed by atoms with van der Waals surface area (Å²) >= 11 is 0. The summed E-state index contributed by atoms with van der Waals surface area (Å²) in [5.74, 6) is 0.553. The minimum absolute atomic E-state index is 0.243. The standard InChI is InChI=1S/C19H28N2O3/c1-19(2,3)24-18(23)21-11-15-10-20(12-16(15)17(22)13-21)9-14-7-5-4-6-8-14/h4-8,15-17,22H,9-13H2,1-3H3/t15-,16-,17?/m0/s1. The van der Waals surface area contributed by atoms with Gasteiger partial charge in [0.05, 0.1) is 12.6 Å². The van der Waals surface area contributed by atoms with Gasteiger partial charge in [0, 0.05) is 32.1 Å². The third kappa shape index (κ3) is 4.08. The van der Waals surface area contributed by atoms with Crippen LogP contribution < -0.4 is 0 Å². The lowest BCUT2D eigenvalue weighted by Gasteiger charge is -2.38. The molecule has 0 aromatic heterocycles. The van der Waals surface area contributed by atoms with Gasteiger partial charge in [-0.25, -0.2) is 4.79 Å². The Kier molecular flexibility index (Phi) is 4.83. The molecule has 3 rings (SSSR count). The van der Waals surface area contributed by atoms with Crippen molar-refractivity contribution in [2.45, 2.75) is 39.0 Å². The molecule has 0 saturated carbocycles. The predicted octanol–water partition coefficient (Wildman–Crippen LogP) is 2.35. The monoisotopic (exact) mass is 332 g/mol. The Morgan fingerprint density at radius 1 is 1.17 bits per heavy atom. The maximum absolute atomic E-state index is 12.3. The second kappa shape index (κ2) is 6.73. The Hall–Kier alpha value is -1.59. The number of carbonyl (C=O) groups is 1. The fraction of sp³-hybridized carbons (Fsp3) is 0.632. The minimum Gasteiger partial charge on any atom is -0.444 e. The van der Waals surface area contributed by atoms with Crippen LogP contribution in [0.5, 0.6) is 0 Å². The van der Waals surface area contributed by atoms with Gasteiger partial charge in [-0.2, -0.15) is 0 Å². The molecule has 0 spiro atoms. The fourth-order valence-electron chi connectivity index (χ4n) is 3.78. The van der Waals surface area contributed by atoms with Crippen molar-refractivity contribution in [3.8, 4) is 0 Å². The fourth-order valence-corrected chi connectivity index (χ4v) is 3.78. The molecule has 132 valence electrons. The van der Waals surface area contributed by atoms with Crippen molar-refractivity contribution in [2.75, 3.05) is 26.2 Å². The van der Waals surface area contributed by atoms with E-state index in [1.165, 1.54) is 5.56 Å². The molecule has 2 fully saturated rings. The minimum atomic E-state index is -0.506. The Morgan fingerprint density at radius 2 is 1.88 bits per heavy atom. The number of nitrogens with zero attached hydrogens (tertiary/aromatic N) is 2. The molecule has 2 heterocycles. The number of ether oxygens (including phenoxy) is 1. The van der Waals surface area contributed by atoms with Gasteiger partial charge in [0.15, 0.2) is 0 Å². The first-order chi connectivity index (χ1) is 11.3. The van der Waals surface area contributed by atoms with Crippen molar-refractivity contribution >= 4 is 6.09 Å². The molecule has 1 amide bonds. The van der Waals surface area contributed by atoms with Gasteiger partial charge in [-0.1, -0.05) is 30.3 Å². The summed E-state index contributed by atoms with van der Waals surface area (Å²) in [6.07, 6.45) is -0.793. The highest BCUT2D eigenvalue weighted by molar-refractivity contribution is 5.68. The number of aliphatic hydroxyl groups is 1. The molecule has 0 aliphatic carbocycles. The Bertz CT molecular complexity index is 570. The number of benzene rings is 1. The van der Waals surface area contributed by atoms with Gasteiger partial charge in [0.1, 0.15) is 5.60 Å². The van der Waals surface area contributed by atoms with Crippen LogP contribution in [-0.2, 0) is 11.3 Å². The van der Waals surface area contributed by atoms with Crippen LogP contribution in [0.4, 0.5) is 4.79 Å². The Morgan fingerprint density at radius 3 is 2.54 bits per heavy atom. The zero-order valence-electron chi connectivity index (χ0n) is 14.8. The maximum atomic E-state index is 12.3. The largest absolute Gasteiger partial charge is 0.444 e. The Balaban J connectivity index is 1.60. The first kappa shape index (κ1) is 17.2. The molecule has 2 saturated heterocycles. The van der Waals surface area contributed by atoms with E-state index in [-0.39, 0.29) is 12.0 Å². The van der Waals surface area contributed by atoms with E-state index in [1.54, 1.807) is 4.90 Å². The molecule has 2 aliphatic rings. The Labute approximate surface area is 144 Å². The van der Waals surface area contributed by atoms with Crippen LogP contribution in [0.15, 0.2) is 30.3 Å². The molecule has 0 radical (unpaired) electrons. The summed E-state index contributed by atoms with van der Waals surface area (Å²) in [5, 5.41) is 10.5. The number of fused-ring (bicyclic) bond motifs is 1. The highest BCUT2D eigenvalue weighted by atomic mass is 16.6. The SMILES string of the molecule is CC(C)(C)OC(=O)N1CC(O)[C@H]2CN(Cc3ccccc3)C[C@H]2C1. The van der Waals surface area contributed by atoms with Gasteiger partial charge in [-0.3, -0.25) is 4.90 Å². The zero-order valence-corrected chi connectivity index (χ0v) is 14.8. The van der Waals surface area contributed by atoms with E-state index < -0.39 is 11.7 Å². The van der Waals surface area contributed by atoms with Crippen molar-refractivity contribution in [3.05, 3.63) is 35.9 Å². The second-order valence-electron chi connectivity index (χ2n) is 8.06. The van der Waals surface area contributed by atoms with Crippen molar-refractivity contribution in [3.63, 3.8) is 0 Å². The van der Waals surface area contributed by atoms with E-state index in [1.807, 2.05) is 26.8 Å². The van der Waals surface area contributed by atoms with Gasteiger partial charge < -0.3 is 14.7 Å². The molecule has 2 aliphatic heterocycles. The molecule has 5 heteroatoms. The van der Waals surface area contributed by atoms with E-state index in [0.29, 0.717) is 19.0 Å². The van der Waals surface area contributed by atoms with Gasteiger partial charge >= 0.3 is 6.09 Å². The lowest BCUT2D eigenvalue weighted by atomic mass is 9.86. The van der Waals surface area contributed by atoms with Crippen molar-refractivity contribution in [1.82, 2.24) is 9.80 Å². The molecule has 5 nitrogen and oxygen atoms in total. The van der Waals surface area contributed by atoms with E-state index in [4.69, 9.17) is 4.74 Å². The molecule has 0 bridgehead atoms. The number of β-amino-alcohol motifs (C(OH)–C–C–N with tert-alkyl or cyclic N) is 1. The van der Waals surface area contributed by atoms with Crippen LogP contribution in [0.1, 0.15) is 26.3 Å². The second-order valence-corrected chi connectivity index (χ2v) is 8.06. The van der Waals surface area contributed by atoms with Crippen molar-refractivity contribution in [2.24, 2.45) is 11.8 Å². The average molecular weight is 332 g/mol. The highest BCUT2D eigenvalue weighted by Crippen LogP contribution is 2.32. The molecule has 3 atom stereocenters. The van der Waals surface area contributed by atoms with E-state index in [0.717, 1.165) is 19.6 Å². The maximum Gasteiger partial charge on any atom is 0.410 e. The van der Waals surface area contributed by atoms with Crippen LogP contribution in [0, 0.1) is 11.8 Å². The van der Waals surface area contributed by atoms with Crippen LogP contribution in [0.3, 0.4) is 0 Å². The molecule has 24 heavy (non-hydrogen) atoms. The van der Waals surface area contributed by atoms with Gasteiger partial charge in [-0.05, 0) is 32.3 Å². The van der Waals surface area contributed by atoms with Crippen LogP contribution in [-0.4, -0.2) is 58.9 Å². The van der Waals surface area contributed by atoms with Gasteiger partial charge in [-0.15, -0.1) is 0 Å². The average Bonchev–Trinajstić information content (AvgIpc) is 2.89. The number of amides is 1. The number of carbonyl (C=O) groups excluding carboxylic acids is 1. The van der Waals surface area contributed by atoms with Crippen LogP contribution in [0.2, 0.25) is 0 Å². The number of aliphatic hydroxyl groups excluding tert-OH is 1. The topological polar surface area (TPSA) is 53.0 Å². The summed E-state index contributed by atoms with van der Waals surface area (Å²) in [4.78, 5) is 16.4. The summed E-state index contributed by atoms with van der Waals surface area (Å²) in [7, 11) is 0. The molecular formula is C19H28N2O3. The smallest absolute Gasteiger partial charge is 0.410 e. The molecule has 1 aromatic rings. The number of hydrogen-bond acceptors (Lipinski definition) is 4. The molecular weight excluding hydrogens is 304 g/mol. The first-order valence-corrected chi connectivity index (χ1v) is 8.74. The van der Waals surface area contributed by atoms with E-state index >= 15 is 0 Å². The zero-order chi connectivity index (χ0) is 17.3. The van der Waals surface area contributed by atoms with Crippen LogP contribution >= 0.6 is 0 Å². The summed E-state index contributed by atoms with van der Waals surface area (Å²) in [6, 6.07) is 10.4. The number of piperidine rings is 1. The van der Waals surface area contributed by atoms with E-state index in [2.05, 4.69) is 29.2 Å². The number of rotatable bonds is 2. The van der Waals surface area contributed by atoms with Gasteiger partial charge in [0.2, 0.25) is 0 Å². The summed E-state index contributed by atoms with van der Waals surface area (Å²) in [6.45, 7) is 9.34.